The summed E-state index contributed by atoms with van der Waals surface area (Å²) < 4.78 is 56.8. The topological polar surface area (TPSA) is 93.9 Å². The zero-order valence-electron chi connectivity index (χ0n) is 15.3. The van der Waals surface area contributed by atoms with Gasteiger partial charge in [-0.05, 0) is 35.4 Å². The summed E-state index contributed by atoms with van der Waals surface area (Å²) >= 11 is 0. The van der Waals surface area contributed by atoms with E-state index < -0.39 is 30.5 Å². The number of halogens is 4. The molecule has 0 spiro atoms. The maximum absolute atomic E-state index is 13.8. The summed E-state index contributed by atoms with van der Waals surface area (Å²) in [5.74, 6) is -1.61. The summed E-state index contributed by atoms with van der Waals surface area (Å²) in [4.78, 5) is 18.5. The SMILES string of the molecule is CN1C(=O)C(c2ccc(F)c(CF)c2)(c2ccc(OC(F)F)c(CN)c2)N=C1N. The Labute approximate surface area is 163 Å². The molecule has 1 atom stereocenters. The van der Waals surface area contributed by atoms with Gasteiger partial charge in [-0.2, -0.15) is 8.78 Å². The molecular weight excluding hydrogens is 392 g/mol. The van der Waals surface area contributed by atoms with Gasteiger partial charge in [-0.25, -0.2) is 13.8 Å². The second-order valence-electron chi connectivity index (χ2n) is 6.39. The van der Waals surface area contributed by atoms with Crippen LogP contribution in [0.3, 0.4) is 0 Å². The predicted octanol–water partition coefficient (Wildman–Crippen LogP) is 2.39. The molecule has 0 aromatic heterocycles. The van der Waals surface area contributed by atoms with E-state index in [0.717, 1.165) is 11.0 Å². The molecule has 0 saturated carbocycles. The van der Waals surface area contributed by atoms with Crippen LogP contribution in [0.15, 0.2) is 41.4 Å². The van der Waals surface area contributed by atoms with Crippen molar-refractivity contribution >= 4 is 11.9 Å². The lowest BCUT2D eigenvalue weighted by molar-refractivity contribution is -0.129. The molecule has 0 saturated heterocycles. The average Bonchev–Trinajstić information content (AvgIpc) is 2.93. The Kier molecular flexibility index (Phi) is 5.47. The number of benzene rings is 2. The first kappa shape index (κ1) is 20.6. The van der Waals surface area contributed by atoms with Crippen molar-refractivity contribution in [2.45, 2.75) is 25.4 Å². The van der Waals surface area contributed by atoms with Crippen LogP contribution < -0.4 is 16.2 Å². The summed E-state index contributed by atoms with van der Waals surface area (Å²) in [7, 11) is 1.40. The molecule has 0 aliphatic carbocycles. The molecule has 29 heavy (non-hydrogen) atoms. The third-order valence-corrected chi connectivity index (χ3v) is 4.76. The highest BCUT2D eigenvalue weighted by atomic mass is 19.3. The molecule has 0 fully saturated rings. The monoisotopic (exact) mass is 410 g/mol. The normalized spacial score (nSPS) is 19.1. The fourth-order valence-electron chi connectivity index (χ4n) is 3.26. The van der Waals surface area contributed by atoms with Gasteiger partial charge in [-0.1, -0.05) is 12.1 Å². The van der Waals surface area contributed by atoms with Crippen LogP contribution in [0.5, 0.6) is 5.75 Å². The lowest BCUT2D eigenvalue weighted by atomic mass is 9.81. The third kappa shape index (κ3) is 3.39. The van der Waals surface area contributed by atoms with Crippen molar-refractivity contribution in [2.75, 3.05) is 7.05 Å². The molecule has 1 aliphatic rings. The molecule has 2 aromatic rings. The molecule has 3 rings (SSSR count). The van der Waals surface area contributed by atoms with Crippen molar-refractivity contribution in [3.05, 3.63) is 64.5 Å². The van der Waals surface area contributed by atoms with Gasteiger partial charge in [0, 0.05) is 24.7 Å². The lowest BCUT2D eigenvalue weighted by Crippen LogP contribution is -2.41. The highest BCUT2D eigenvalue weighted by Crippen LogP contribution is 2.41. The van der Waals surface area contributed by atoms with Crippen LogP contribution in [0.25, 0.3) is 0 Å². The van der Waals surface area contributed by atoms with Gasteiger partial charge in [0.1, 0.15) is 18.2 Å². The fraction of sp³-hybridized carbons (Fsp3) is 0.263. The molecule has 4 N–H and O–H groups in total. The fourth-order valence-corrected chi connectivity index (χ4v) is 3.26. The van der Waals surface area contributed by atoms with Crippen LogP contribution in [0.2, 0.25) is 0 Å². The van der Waals surface area contributed by atoms with Crippen molar-refractivity contribution in [1.29, 1.82) is 0 Å². The maximum Gasteiger partial charge on any atom is 0.387 e. The van der Waals surface area contributed by atoms with Gasteiger partial charge < -0.3 is 16.2 Å². The third-order valence-electron chi connectivity index (χ3n) is 4.76. The van der Waals surface area contributed by atoms with Crippen LogP contribution >= 0.6 is 0 Å². The molecule has 1 aliphatic heterocycles. The standard InChI is InChI=1S/C19H18F4N4O2/c1-27-16(28)19(26-18(27)25,12-2-4-14(21)10(6-12)8-20)13-3-5-15(29-17(22)23)11(7-13)9-24/h2-7,17H,8-9,24H2,1H3,(H2,25,26). The van der Waals surface area contributed by atoms with Crippen molar-refractivity contribution in [3.8, 4) is 5.75 Å². The summed E-state index contributed by atoms with van der Waals surface area (Å²) in [6.45, 7) is -4.31. The van der Waals surface area contributed by atoms with Gasteiger partial charge in [0.05, 0.1) is 0 Å². The van der Waals surface area contributed by atoms with Crippen molar-refractivity contribution < 1.29 is 27.1 Å². The highest BCUT2D eigenvalue weighted by Gasteiger charge is 2.50. The van der Waals surface area contributed by atoms with Gasteiger partial charge in [0.25, 0.3) is 5.91 Å². The van der Waals surface area contributed by atoms with Crippen LogP contribution in [0, 0.1) is 5.82 Å². The molecular formula is C19H18F4N4O2. The number of hydrogen-bond donors (Lipinski definition) is 2. The number of aliphatic imine (C=N–C) groups is 1. The number of likely N-dealkylation sites (N-methyl/N-ethyl adjacent to an activating group) is 1. The zero-order valence-corrected chi connectivity index (χ0v) is 15.3. The van der Waals surface area contributed by atoms with Crippen LogP contribution in [0.1, 0.15) is 22.3 Å². The number of guanidine groups is 1. The number of carbonyl (C=O) groups excluding carboxylic acids is 1. The van der Waals surface area contributed by atoms with E-state index in [-0.39, 0.29) is 40.5 Å². The first-order chi connectivity index (χ1) is 13.7. The van der Waals surface area contributed by atoms with Crippen LogP contribution in [-0.4, -0.2) is 30.4 Å². The van der Waals surface area contributed by atoms with Gasteiger partial charge >= 0.3 is 6.61 Å². The minimum atomic E-state index is -3.06. The van der Waals surface area contributed by atoms with E-state index in [0.29, 0.717) is 0 Å². The number of amides is 1. The summed E-state index contributed by atoms with van der Waals surface area (Å²) in [6, 6.07) is 7.51. The van der Waals surface area contributed by atoms with Crippen LogP contribution in [0.4, 0.5) is 17.6 Å². The summed E-state index contributed by atoms with van der Waals surface area (Å²) in [5, 5.41) is 0. The zero-order chi connectivity index (χ0) is 21.3. The molecule has 0 bridgehead atoms. The maximum atomic E-state index is 13.8. The number of nitrogens with zero attached hydrogens (tertiary/aromatic N) is 2. The first-order valence-electron chi connectivity index (χ1n) is 8.51. The van der Waals surface area contributed by atoms with E-state index in [9.17, 15) is 22.4 Å². The molecule has 1 unspecified atom stereocenters. The Hall–Kier alpha value is -3.14. The van der Waals surface area contributed by atoms with Gasteiger partial charge in [0.15, 0.2) is 11.5 Å². The minimum Gasteiger partial charge on any atom is -0.434 e. The van der Waals surface area contributed by atoms with Crippen molar-refractivity contribution in [3.63, 3.8) is 0 Å². The Bertz CT molecular complexity index is 983. The summed E-state index contributed by atoms with van der Waals surface area (Å²) in [5.41, 5.74) is 10.1. The highest BCUT2D eigenvalue weighted by molar-refractivity contribution is 6.09. The second-order valence-corrected chi connectivity index (χ2v) is 6.39. The smallest absolute Gasteiger partial charge is 0.387 e. The van der Waals surface area contributed by atoms with E-state index in [2.05, 4.69) is 9.73 Å². The number of ether oxygens (including phenoxy) is 1. The molecule has 154 valence electrons. The van der Waals surface area contributed by atoms with Gasteiger partial charge in [-0.15, -0.1) is 0 Å². The Balaban J connectivity index is 2.25. The number of hydrogen-bond acceptors (Lipinski definition) is 5. The molecule has 6 nitrogen and oxygen atoms in total. The van der Waals surface area contributed by atoms with E-state index in [1.165, 1.54) is 37.4 Å². The number of alkyl halides is 3. The molecule has 0 radical (unpaired) electrons. The molecule has 10 heteroatoms. The quantitative estimate of drug-likeness (QED) is 0.715. The van der Waals surface area contributed by atoms with Crippen LogP contribution in [-0.2, 0) is 23.6 Å². The van der Waals surface area contributed by atoms with E-state index in [1.807, 2.05) is 0 Å². The van der Waals surface area contributed by atoms with Gasteiger partial charge in [-0.3, -0.25) is 9.69 Å². The largest absolute Gasteiger partial charge is 0.434 e. The van der Waals surface area contributed by atoms with Gasteiger partial charge in [0.2, 0.25) is 0 Å². The summed E-state index contributed by atoms with van der Waals surface area (Å²) in [6.07, 6.45) is 0. The Morgan fingerprint density at radius 3 is 2.31 bits per heavy atom. The van der Waals surface area contributed by atoms with E-state index in [4.69, 9.17) is 11.5 Å². The molecule has 2 aromatic carbocycles. The Morgan fingerprint density at radius 2 is 1.79 bits per heavy atom. The predicted molar refractivity (Wildman–Crippen MR) is 97.3 cm³/mol. The first-order valence-corrected chi connectivity index (χ1v) is 8.51. The number of nitrogens with two attached hydrogens (primary N) is 2. The Morgan fingerprint density at radius 1 is 1.17 bits per heavy atom. The molecule has 1 amide bonds. The second kappa shape index (κ2) is 7.70. The molecule has 1 heterocycles. The van der Waals surface area contributed by atoms with E-state index in [1.54, 1.807) is 0 Å². The van der Waals surface area contributed by atoms with Crippen molar-refractivity contribution in [2.24, 2.45) is 16.5 Å². The van der Waals surface area contributed by atoms with Crippen molar-refractivity contribution in [1.82, 2.24) is 4.90 Å². The number of rotatable bonds is 6. The average molecular weight is 410 g/mol. The van der Waals surface area contributed by atoms with E-state index >= 15 is 0 Å². The lowest BCUT2D eigenvalue weighted by Gasteiger charge is -2.27. The number of carbonyl (C=O) groups is 1. The minimum absolute atomic E-state index is 0.108.